The molecule has 0 saturated heterocycles. The fourth-order valence-corrected chi connectivity index (χ4v) is 3.83. The zero-order valence-electron chi connectivity index (χ0n) is 16.8. The van der Waals surface area contributed by atoms with Gasteiger partial charge < -0.3 is 15.8 Å². The molecule has 0 heterocycles. The van der Waals surface area contributed by atoms with Gasteiger partial charge in [0.2, 0.25) is 0 Å². The van der Waals surface area contributed by atoms with Gasteiger partial charge in [-0.25, -0.2) is 13.6 Å². The number of ether oxygens (including phenoxy) is 1. The zero-order chi connectivity index (χ0) is 21.8. The Morgan fingerprint density at radius 3 is 2.29 bits per heavy atom. The minimum atomic E-state index is -1.06. The van der Waals surface area contributed by atoms with Crippen molar-refractivity contribution in [1.82, 2.24) is 5.32 Å². The lowest BCUT2D eigenvalue weighted by Gasteiger charge is -2.14. The molecule has 3 aromatic carbocycles. The summed E-state index contributed by atoms with van der Waals surface area (Å²) in [6.45, 7) is 0.553. The summed E-state index contributed by atoms with van der Waals surface area (Å²) in [5, 5.41) is 2.68. The summed E-state index contributed by atoms with van der Waals surface area (Å²) in [5.41, 5.74) is 9.84. The van der Waals surface area contributed by atoms with Crippen molar-refractivity contribution >= 4 is 17.9 Å². The number of nitrogens with one attached hydrogen (secondary N) is 1. The maximum Gasteiger partial charge on any atom is 0.407 e. The van der Waals surface area contributed by atoms with E-state index in [4.69, 9.17) is 10.5 Å². The monoisotopic (exact) mass is 420 g/mol. The van der Waals surface area contributed by atoms with Gasteiger partial charge in [-0.05, 0) is 40.8 Å². The standard InChI is InChI=1S/C25H22F2N2O2/c26-23-16(12-13-22(28)24(23)27)7-5-6-14-29-25(30)31-15-21-19-10-3-1-8-17(19)18-9-2-4-11-20(18)21/h1-5,7-13,21H,6,14-15,28H2,(H,29,30). The second-order valence-corrected chi connectivity index (χ2v) is 7.32. The van der Waals surface area contributed by atoms with E-state index in [-0.39, 0.29) is 23.8 Å². The van der Waals surface area contributed by atoms with E-state index >= 15 is 0 Å². The summed E-state index contributed by atoms with van der Waals surface area (Å²) >= 11 is 0. The first-order chi connectivity index (χ1) is 15.1. The molecule has 0 atom stereocenters. The van der Waals surface area contributed by atoms with Gasteiger partial charge in [-0.2, -0.15) is 0 Å². The van der Waals surface area contributed by atoms with Crippen molar-refractivity contribution in [2.75, 3.05) is 18.9 Å². The lowest BCUT2D eigenvalue weighted by Crippen LogP contribution is -2.26. The van der Waals surface area contributed by atoms with E-state index in [0.29, 0.717) is 13.0 Å². The van der Waals surface area contributed by atoms with Crippen molar-refractivity contribution in [3.8, 4) is 11.1 Å². The highest BCUT2D eigenvalue weighted by Gasteiger charge is 2.28. The molecule has 0 bridgehead atoms. The number of fused-ring (bicyclic) bond motifs is 3. The molecule has 6 heteroatoms. The lowest BCUT2D eigenvalue weighted by molar-refractivity contribution is 0.143. The van der Waals surface area contributed by atoms with Crippen LogP contribution in [-0.2, 0) is 4.74 Å². The van der Waals surface area contributed by atoms with Crippen molar-refractivity contribution in [3.05, 3.63) is 95.1 Å². The molecule has 3 N–H and O–H groups in total. The largest absolute Gasteiger partial charge is 0.449 e. The molecule has 1 amide bonds. The van der Waals surface area contributed by atoms with Crippen LogP contribution >= 0.6 is 0 Å². The third-order valence-corrected chi connectivity index (χ3v) is 5.36. The number of hydrogen-bond donors (Lipinski definition) is 2. The number of alkyl carbamates (subject to hydrolysis) is 1. The van der Waals surface area contributed by atoms with Crippen LogP contribution in [0.25, 0.3) is 17.2 Å². The van der Waals surface area contributed by atoms with E-state index in [1.807, 2.05) is 24.3 Å². The molecule has 31 heavy (non-hydrogen) atoms. The number of amides is 1. The van der Waals surface area contributed by atoms with E-state index in [1.54, 1.807) is 6.08 Å². The fraction of sp³-hybridized carbons (Fsp3) is 0.160. The maximum atomic E-state index is 13.8. The molecule has 3 aromatic rings. The highest BCUT2D eigenvalue weighted by atomic mass is 19.2. The number of nitrogens with two attached hydrogens (primary N) is 1. The van der Waals surface area contributed by atoms with Crippen molar-refractivity contribution in [2.45, 2.75) is 12.3 Å². The van der Waals surface area contributed by atoms with Gasteiger partial charge >= 0.3 is 6.09 Å². The fourth-order valence-electron chi connectivity index (χ4n) is 3.83. The van der Waals surface area contributed by atoms with Gasteiger partial charge in [-0.3, -0.25) is 0 Å². The van der Waals surface area contributed by atoms with Crippen molar-refractivity contribution in [2.24, 2.45) is 0 Å². The van der Waals surface area contributed by atoms with Crippen molar-refractivity contribution in [3.63, 3.8) is 0 Å². The van der Waals surface area contributed by atoms with E-state index in [2.05, 4.69) is 29.6 Å². The van der Waals surface area contributed by atoms with Gasteiger partial charge in [0.25, 0.3) is 0 Å². The SMILES string of the molecule is Nc1ccc(C=CCCNC(=O)OCC2c3ccccc3-c3ccccc32)c(F)c1F. The maximum absolute atomic E-state index is 13.8. The topological polar surface area (TPSA) is 64.3 Å². The van der Waals surface area contributed by atoms with Gasteiger partial charge in [0.05, 0.1) is 5.69 Å². The Labute approximate surface area is 179 Å². The zero-order valence-corrected chi connectivity index (χ0v) is 16.8. The minimum absolute atomic E-state index is 0.00133. The summed E-state index contributed by atoms with van der Waals surface area (Å²) in [5.74, 6) is -2.04. The first-order valence-electron chi connectivity index (χ1n) is 10.0. The Balaban J connectivity index is 1.28. The summed E-state index contributed by atoms with van der Waals surface area (Å²) in [7, 11) is 0. The summed E-state index contributed by atoms with van der Waals surface area (Å²) in [6, 6.07) is 19.0. The molecular formula is C25H22F2N2O2. The second-order valence-electron chi connectivity index (χ2n) is 7.32. The van der Waals surface area contributed by atoms with Crippen LogP contribution in [0.2, 0.25) is 0 Å². The Morgan fingerprint density at radius 1 is 0.968 bits per heavy atom. The number of nitrogen functional groups attached to an aromatic ring is 1. The minimum Gasteiger partial charge on any atom is -0.449 e. The number of halogens is 2. The molecule has 4 nitrogen and oxygen atoms in total. The van der Waals surface area contributed by atoms with Crippen LogP contribution in [0.15, 0.2) is 66.7 Å². The molecule has 0 fully saturated rings. The highest BCUT2D eigenvalue weighted by Crippen LogP contribution is 2.44. The van der Waals surface area contributed by atoms with E-state index < -0.39 is 17.7 Å². The van der Waals surface area contributed by atoms with Gasteiger partial charge in [0.1, 0.15) is 6.61 Å². The predicted molar refractivity (Wildman–Crippen MR) is 117 cm³/mol. The molecule has 0 spiro atoms. The van der Waals surface area contributed by atoms with Gasteiger partial charge in [0, 0.05) is 18.0 Å². The summed E-state index contributed by atoms with van der Waals surface area (Å²) in [4.78, 5) is 12.1. The van der Waals surface area contributed by atoms with Crippen LogP contribution in [0, 0.1) is 11.6 Å². The van der Waals surface area contributed by atoms with Crippen LogP contribution in [0.3, 0.4) is 0 Å². The van der Waals surface area contributed by atoms with E-state index in [0.717, 1.165) is 11.1 Å². The van der Waals surface area contributed by atoms with Crippen LogP contribution in [0.4, 0.5) is 19.3 Å². The van der Waals surface area contributed by atoms with Gasteiger partial charge in [-0.15, -0.1) is 0 Å². The molecule has 0 unspecified atom stereocenters. The van der Waals surface area contributed by atoms with Crippen molar-refractivity contribution < 1.29 is 18.3 Å². The Kier molecular flexibility index (Phi) is 5.98. The Morgan fingerprint density at radius 2 is 1.61 bits per heavy atom. The van der Waals surface area contributed by atoms with Crippen molar-refractivity contribution in [1.29, 1.82) is 0 Å². The van der Waals surface area contributed by atoms with Crippen LogP contribution in [0.5, 0.6) is 0 Å². The summed E-state index contributed by atoms with van der Waals surface area (Å²) < 4.78 is 32.7. The lowest BCUT2D eigenvalue weighted by atomic mass is 9.98. The number of rotatable bonds is 6. The van der Waals surface area contributed by atoms with Gasteiger partial charge in [-0.1, -0.05) is 60.7 Å². The number of hydrogen-bond acceptors (Lipinski definition) is 3. The average molecular weight is 420 g/mol. The number of benzene rings is 3. The molecule has 0 aromatic heterocycles. The number of anilines is 1. The number of carbonyl (C=O) groups excluding carboxylic acids is 1. The van der Waals surface area contributed by atoms with E-state index in [1.165, 1.54) is 29.3 Å². The predicted octanol–water partition coefficient (Wildman–Crippen LogP) is 5.49. The third-order valence-electron chi connectivity index (χ3n) is 5.36. The smallest absolute Gasteiger partial charge is 0.407 e. The Bertz CT molecular complexity index is 1100. The molecule has 1 aliphatic rings. The molecule has 0 aliphatic heterocycles. The normalized spacial score (nSPS) is 12.6. The second kappa shape index (κ2) is 9.00. The van der Waals surface area contributed by atoms with E-state index in [9.17, 15) is 13.6 Å². The quantitative estimate of drug-likeness (QED) is 0.409. The van der Waals surface area contributed by atoms with Crippen LogP contribution in [0.1, 0.15) is 29.0 Å². The van der Waals surface area contributed by atoms with Gasteiger partial charge in [0.15, 0.2) is 11.6 Å². The first-order valence-corrected chi connectivity index (χ1v) is 10.0. The molecular weight excluding hydrogens is 398 g/mol. The van der Waals surface area contributed by atoms with Crippen LogP contribution < -0.4 is 11.1 Å². The molecule has 0 radical (unpaired) electrons. The molecule has 4 rings (SSSR count). The Hall–Kier alpha value is -3.67. The number of carbonyl (C=O) groups is 1. The first kappa shape index (κ1) is 20.6. The molecule has 1 aliphatic carbocycles. The average Bonchev–Trinajstić information content (AvgIpc) is 3.11. The molecule has 158 valence electrons. The summed E-state index contributed by atoms with van der Waals surface area (Å²) in [6.07, 6.45) is 3.03. The third kappa shape index (κ3) is 4.28. The van der Waals surface area contributed by atoms with Crippen LogP contribution in [-0.4, -0.2) is 19.2 Å². The molecule has 0 saturated carbocycles. The highest BCUT2D eigenvalue weighted by molar-refractivity contribution is 5.79.